The SMILES string of the molecule is CC(=O)NCCN(C(=O)CCC(=O)N1CCOCC1)C(C)C(=O)O. The number of carboxylic acids is 1. The first-order valence-corrected chi connectivity index (χ1v) is 7.95. The third kappa shape index (κ3) is 6.53. The van der Waals surface area contributed by atoms with Gasteiger partial charge in [-0.2, -0.15) is 0 Å². The van der Waals surface area contributed by atoms with E-state index in [-0.39, 0.29) is 37.7 Å². The van der Waals surface area contributed by atoms with Gasteiger partial charge in [0.1, 0.15) is 6.04 Å². The molecule has 24 heavy (non-hydrogen) atoms. The van der Waals surface area contributed by atoms with E-state index in [1.807, 2.05) is 0 Å². The van der Waals surface area contributed by atoms with Gasteiger partial charge in [0.15, 0.2) is 0 Å². The van der Waals surface area contributed by atoms with Gasteiger partial charge in [0.25, 0.3) is 0 Å². The summed E-state index contributed by atoms with van der Waals surface area (Å²) in [4.78, 5) is 49.2. The molecule has 0 aromatic carbocycles. The number of hydrogen-bond donors (Lipinski definition) is 2. The number of aliphatic carboxylic acids is 1. The molecule has 1 aliphatic rings. The Balaban J connectivity index is 2.54. The first-order valence-electron chi connectivity index (χ1n) is 7.95. The van der Waals surface area contributed by atoms with Crippen LogP contribution >= 0.6 is 0 Å². The van der Waals surface area contributed by atoms with Crippen LogP contribution in [0, 0.1) is 0 Å². The Bertz CT molecular complexity index is 476. The number of nitrogens with zero attached hydrogens (tertiary/aromatic N) is 2. The minimum absolute atomic E-state index is 0.0296. The molecule has 1 fully saturated rings. The second-order valence-electron chi connectivity index (χ2n) is 5.58. The summed E-state index contributed by atoms with van der Waals surface area (Å²) in [6.07, 6.45) is -0.0321. The van der Waals surface area contributed by atoms with Crippen LogP contribution in [-0.2, 0) is 23.9 Å². The standard InChI is InChI=1S/C15H25N3O6/c1-11(15(22)23)18(6-5-16-12(2)19)14(21)4-3-13(20)17-7-9-24-10-8-17/h11H,3-10H2,1-2H3,(H,16,19)(H,22,23). The summed E-state index contributed by atoms with van der Waals surface area (Å²) in [5, 5.41) is 11.6. The van der Waals surface area contributed by atoms with Crippen LogP contribution in [0.1, 0.15) is 26.7 Å². The normalized spacial score (nSPS) is 15.5. The van der Waals surface area contributed by atoms with Gasteiger partial charge in [-0.05, 0) is 6.92 Å². The number of nitrogens with one attached hydrogen (secondary N) is 1. The Labute approximate surface area is 140 Å². The number of amides is 3. The van der Waals surface area contributed by atoms with Crippen molar-refractivity contribution in [2.75, 3.05) is 39.4 Å². The van der Waals surface area contributed by atoms with Crippen LogP contribution in [0.15, 0.2) is 0 Å². The predicted octanol–water partition coefficient (Wildman–Crippen LogP) is -0.937. The average molecular weight is 343 g/mol. The third-order valence-corrected chi connectivity index (χ3v) is 3.79. The molecular formula is C15H25N3O6. The van der Waals surface area contributed by atoms with Gasteiger partial charge in [0, 0.05) is 45.9 Å². The van der Waals surface area contributed by atoms with Crippen molar-refractivity contribution < 1.29 is 29.0 Å². The first-order chi connectivity index (χ1) is 11.3. The second-order valence-corrected chi connectivity index (χ2v) is 5.58. The van der Waals surface area contributed by atoms with E-state index < -0.39 is 17.9 Å². The fourth-order valence-corrected chi connectivity index (χ4v) is 2.35. The summed E-state index contributed by atoms with van der Waals surface area (Å²) in [5.74, 6) is -1.95. The van der Waals surface area contributed by atoms with Crippen molar-refractivity contribution >= 4 is 23.7 Å². The van der Waals surface area contributed by atoms with Gasteiger partial charge in [0.2, 0.25) is 17.7 Å². The topological polar surface area (TPSA) is 116 Å². The zero-order valence-corrected chi connectivity index (χ0v) is 14.1. The van der Waals surface area contributed by atoms with Crippen molar-refractivity contribution in [1.29, 1.82) is 0 Å². The zero-order valence-electron chi connectivity index (χ0n) is 14.1. The maximum atomic E-state index is 12.3. The molecular weight excluding hydrogens is 318 g/mol. The minimum atomic E-state index is -1.13. The lowest BCUT2D eigenvalue weighted by molar-refractivity contribution is -0.150. The van der Waals surface area contributed by atoms with Gasteiger partial charge in [0.05, 0.1) is 13.2 Å². The van der Waals surface area contributed by atoms with Crippen LogP contribution in [0.25, 0.3) is 0 Å². The molecule has 0 bridgehead atoms. The second kappa shape index (κ2) is 9.86. The Morgan fingerprint density at radius 2 is 1.83 bits per heavy atom. The smallest absolute Gasteiger partial charge is 0.326 e. The Kier molecular flexibility index (Phi) is 8.17. The summed E-state index contributed by atoms with van der Waals surface area (Å²) in [5.41, 5.74) is 0. The van der Waals surface area contributed by atoms with Crippen molar-refractivity contribution in [2.45, 2.75) is 32.7 Å². The van der Waals surface area contributed by atoms with E-state index in [1.54, 1.807) is 4.90 Å². The summed E-state index contributed by atoms with van der Waals surface area (Å²) in [6, 6.07) is -1.02. The molecule has 1 saturated heterocycles. The molecule has 0 spiro atoms. The zero-order chi connectivity index (χ0) is 18.1. The maximum absolute atomic E-state index is 12.3. The van der Waals surface area contributed by atoms with Crippen LogP contribution in [0.5, 0.6) is 0 Å². The molecule has 2 N–H and O–H groups in total. The quantitative estimate of drug-likeness (QED) is 0.588. The predicted molar refractivity (Wildman–Crippen MR) is 84.1 cm³/mol. The summed E-state index contributed by atoms with van der Waals surface area (Å²) < 4.78 is 5.17. The number of hydrogen-bond acceptors (Lipinski definition) is 5. The molecule has 0 aromatic heterocycles. The lowest BCUT2D eigenvalue weighted by Gasteiger charge is -2.28. The molecule has 0 aliphatic carbocycles. The number of carbonyl (C=O) groups is 4. The lowest BCUT2D eigenvalue weighted by atomic mass is 10.2. The molecule has 1 unspecified atom stereocenters. The Morgan fingerprint density at radius 3 is 2.38 bits per heavy atom. The lowest BCUT2D eigenvalue weighted by Crippen LogP contribution is -2.47. The van der Waals surface area contributed by atoms with E-state index >= 15 is 0 Å². The van der Waals surface area contributed by atoms with E-state index in [2.05, 4.69) is 5.32 Å². The van der Waals surface area contributed by atoms with Crippen molar-refractivity contribution in [1.82, 2.24) is 15.1 Å². The largest absolute Gasteiger partial charge is 0.480 e. The number of carbonyl (C=O) groups excluding carboxylic acids is 3. The highest BCUT2D eigenvalue weighted by atomic mass is 16.5. The van der Waals surface area contributed by atoms with Crippen LogP contribution in [-0.4, -0.2) is 84.0 Å². The molecule has 1 rings (SSSR count). The van der Waals surface area contributed by atoms with Crippen molar-refractivity contribution in [2.24, 2.45) is 0 Å². The molecule has 3 amide bonds. The number of ether oxygens (including phenoxy) is 1. The number of carboxylic acid groups (broad SMARTS) is 1. The highest BCUT2D eigenvalue weighted by molar-refractivity contribution is 5.87. The molecule has 1 aliphatic heterocycles. The molecule has 1 heterocycles. The monoisotopic (exact) mass is 343 g/mol. The summed E-state index contributed by atoms with van der Waals surface area (Å²) in [6.45, 7) is 4.96. The van der Waals surface area contributed by atoms with E-state index in [0.29, 0.717) is 26.3 Å². The Morgan fingerprint density at radius 1 is 1.21 bits per heavy atom. The van der Waals surface area contributed by atoms with Crippen molar-refractivity contribution in [3.63, 3.8) is 0 Å². The molecule has 0 radical (unpaired) electrons. The van der Waals surface area contributed by atoms with Gasteiger partial charge in [-0.1, -0.05) is 0 Å². The fraction of sp³-hybridized carbons (Fsp3) is 0.733. The number of morpholine rings is 1. The van der Waals surface area contributed by atoms with Gasteiger partial charge in [-0.25, -0.2) is 4.79 Å². The average Bonchev–Trinajstić information content (AvgIpc) is 2.56. The van der Waals surface area contributed by atoms with Crippen LogP contribution in [0.2, 0.25) is 0 Å². The summed E-state index contributed by atoms with van der Waals surface area (Å²) >= 11 is 0. The minimum Gasteiger partial charge on any atom is -0.480 e. The van der Waals surface area contributed by atoms with Crippen LogP contribution in [0.4, 0.5) is 0 Å². The van der Waals surface area contributed by atoms with E-state index in [9.17, 15) is 19.2 Å². The van der Waals surface area contributed by atoms with E-state index in [1.165, 1.54) is 18.7 Å². The van der Waals surface area contributed by atoms with Gasteiger partial charge >= 0.3 is 5.97 Å². The first kappa shape index (κ1) is 19.9. The van der Waals surface area contributed by atoms with Gasteiger partial charge < -0.3 is 25.0 Å². The van der Waals surface area contributed by atoms with E-state index in [4.69, 9.17) is 9.84 Å². The third-order valence-electron chi connectivity index (χ3n) is 3.79. The number of rotatable bonds is 8. The fourth-order valence-electron chi connectivity index (χ4n) is 2.35. The highest BCUT2D eigenvalue weighted by Crippen LogP contribution is 2.07. The highest BCUT2D eigenvalue weighted by Gasteiger charge is 2.26. The molecule has 0 saturated carbocycles. The molecule has 9 nitrogen and oxygen atoms in total. The van der Waals surface area contributed by atoms with Crippen molar-refractivity contribution in [3.05, 3.63) is 0 Å². The summed E-state index contributed by atoms with van der Waals surface area (Å²) in [7, 11) is 0. The molecule has 0 aromatic rings. The van der Waals surface area contributed by atoms with Gasteiger partial charge in [-0.15, -0.1) is 0 Å². The molecule has 136 valence electrons. The van der Waals surface area contributed by atoms with Gasteiger partial charge in [-0.3, -0.25) is 14.4 Å². The maximum Gasteiger partial charge on any atom is 0.326 e. The molecule has 1 atom stereocenters. The van der Waals surface area contributed by atoms with Crippen molar-refractivity contribution in [3.8, 4) is 0 Å². The Hall–Kier alpha value is -2.16. The van der Waals surface area contributed by atoms with Crippen LogP contribution in [0.3, 0.4) is 0 Å². The molecule has 9 heteroatoms. The van der Waals surface area contributed by atoms with E-state index in [0.717, 1.165) is 0 Å². The van der Waals surface area contributed by atoms with Crippen LogP contribution < -0.4 is 5.32 Å².